The van der Waals surface area contributed by atoms with Gasteiger partial charge in [0.15, 0.2) is 11.6 Å². The molecule has 2 heterocycles. The molecule has 0 bridgehead atoms. The maximum absolute atomic E-state index is 14.4. The Bertz CT molecular complexity index is 706. The minimum atomic E-state index is -1.10. The summed E-state index contributed by atoms with van der Waals surface area (Å²) in [5.74, 6) is -4.24. The minimum Gasteiger partial charge on any atom is -0.480 e. The predicted octanol–water partition coefficient (Wildman–Crippen LogP) is 1.39. The lowest BCUT2D eigenvalue weighted by Gasteiger charge is -2.34. The lowest BCUT2D eigenvalue weighted by molar-refractivity contribution is -0.142. The fourth-order valence-electron chi connectivity index (χ4n) is 4.03. The third-order valence-corrected chi connectivity index (χ3v) is 5.47. The lowest BCUT2D eigenvalue weighted by Crippen LogP contribution is -2.44. The van der Waals surface area contributed by atoms with Crippen molar-refractivity contribution in [3.8, 4) is 0 Å². The summed E-state index contributed by atoms with van der Waals surface area (Å²) >= 11 is 0. The molecule has 0 radical (unpaired) electrons. The van der Waals surface area contributed by atoms with Crippen LogP contribution in [-0.2, 0) is 9.59 Å². The first-order valence-electron chi connectivity index (χ1n) is 8.66. The fraction of sp³-hybridized carbons (Fsp3) is 0.556. The van der Waals surface area contributed by atoms with Gasteiger partial charge >= 0.3 is 5.97 Å². The zero-order chi connectivity index (χ0) is 19.0. The van der Waals surface area contributed by atoms with E-state index in [2.05, 4.69) is 0 Å². The summed E-state index contributed by atoms with van der Waals surface area (Å²) in [4.78, 5) is 27.6. The lowest BCUT2D eigenvalue weighted by atomic mass is 9.90. The van der Waals surface area contributed by atoms with Crippen LogP contribution in [0.4, 0.5) is 8.78 Å². The van der Waals surface area contributed by atoms with Gasteiger partial charge in [0.05, 0.1) is 18.1 Å². The number of carboxylic acid groups (broad SMARTS) is 1. The second-order valence-electron chi connectivity index (χ2n) is 7.01. The van der Waals surface area contributed by atoms with Crippen molar-refractivity contribution in [2.24, 2.45) is 5.92 Å². The largest absolute Gasteiger partial charge is 0.480 e. The summed E-state index contributed by atoms with van der Waals surface area (Å²) in [7, 11) is 1.51. The summed E-state index contributed by atoms with van der Waals surface area (Å²) in [5.41, 5.74) is -0.00774. The first kappa shape index (κ1) is 18.7. The number of likely N-dealkylation sites (N-methyl/N-ethyl adjacent to an activating group) is 1. The molecule has 8 heteroatoms. The molecule has 1 aromatic carbocycles. The van der Waals surface area contributed by atoms with Crippen molar-refractivity contribution < 1.29 is 28.6 Å². The second kappa shape index (κ2) is 7.28. The first-order valence-corrected chi connectivity index (χ1v) is 8.66. The van der Waals surface area contributed by atoms with E-state index in [4.69, 9.17) is 0 Å². The molecular weight excluding hydrogens is 346 g/mol. The number of nitrogens with zero attached hydrogens (tertiary/aromatic N) is 2. The molecule has 3 atom stereocenters. The van der Waals surface area contributed by atoms with Gasteiger partial charge in [-0.15, -0.1) is 0 Å². The fourth-order valence-corrected chi connectivity index (χ4v) is 4.03. The van der Waals surface area contributed by atoms with Crippen LogP contribution >= 0.6 is 0 Å². The van der Waals surface area contributed by atoms with Gasteiger partial charge in [0.1, 0.15) is 6.04 Å². The number of hydrogen-bond donors (Lipinski definition) is 2. The molecule has 0 aromatic heterocycles. The molecular formula is C18H22F2N2O4. The van der Waals surface area contributed by atoms with E-state index in [-0.39, 0.29) is 17.9 Å². The number of likely N-dealkylation sites (tertiary alicyclic amines) is 2. The highest BCUT2D eigenvalue weighted by atomic mass is 19.2. The average Bonchev–Trinajstić information content (AvgIpc) is 2.95. The van der Waals surface area contributed by atoms with E-state index >= 15 is 0 Å². The topological polar surface area (TPSA) is 81.1 Å². The number of carboxylic acids is 1. The molecule has 2 aliphatic rings. The molecule has 0 spiro atoms. The van der Waals surface area contributed by atoms with Gasteiger partial charge in [0.25, 0.3) is 0 Å². The molecule has 2 saturated heterocycles. The van der Waals surface area contributed by atoms with Crippen LogP contribution in [0.2, 0.25) is 0 Å². The van der Waals surface area contributed by atoms with E-state index in [1.165, 1.54) is 24.1 Å². The molecule has 2 N–H and O–H groups in total. The molecule has 142 valence electrons. The van der Waals surface area contributed by atoms with Gasteiger partial charge in [-0.3, -0.25) is 14.5 Å². The number of hydrogen-bond acceptors (Lipinski definition) is 4. The van der Waals surface area contributed by atoms with E-state index in [0.717, 1.165) is 6.07 Å². The summed E-state index contributed by atoms with van der Waals surface area (Å²) in [6.07, 6.45) is 0.490. The Balaban J connectivity index is 1.94. The smallest absolute Gasteiger partial charge is 0.320 e. The number of carbonyl (C=O) groups excluding carboxylic acids is 1. The van der Waals surface area contributed by atoms with Crippen molar-refractivity contribution >= 4 is 11.9 Å². The van der Waals surface area contributed by atoms with Crippen LogP contribution in [0.25, 0.3) is 0 Å². The molecule has 6 nitrogen and oxygen atoms in total. The van der Waals surface area contributed by atoms with Gasteiger partial charge in [-0.05, 0) is 32.4 Å². The van der Waals surface area contributed by atoms with Crippen molar-refractivity contribution in [1.29, 1.82) is 0 Å². The third kappa shape index (κ3) is 3.31. The molecule has 26 heavy (non-hydrogen) atoms. The quantitative estimate of drug-likeness (QED) is 0.843. The van der Waals surface area contributed by atoms with Crippen molar-refractivity contribution in [3.05, 3.63) is 35.4 Å². The normalized spacial score (nSPS) is 27.7. The number of halogens is 2. The molecule has 1 amide bonds. The number of rotatable bonds is 3. The Morgan fingerprint density at radius 1 is 1.19 bits per heavy atom. The molecule has 2 aliphatic heterocycles. The number of carbonyl (C=O) groups is 2. The molecule has 2 fully saturated rings. The molecule has 0 aliphatic carbocycles. The zero-order valence-electron chi connectivity index (χ0n) is 14.4. The Labute approximate surface area is 150 Å². The van der Waals surface area contributed by atoms with Crippen LogP contribution in [-0.4, -0.2) is 64.2 Å². The van der Waals surface area contributed by atoms with Crippen molar-refractivity contribution in [1.82, 2.24) is 9.80 Å². The summed E-state index contributed by atoms with van der Waals surface area (Å²) < 4.78 is 28.1. The number of aliphatic hydroxyl groups is 1. The van der Waals surface area contributed by atoms with E-state index in [9.17, 15) is 28.6 Å². The second-order valence-corrected chi connectivity index (χ2v) is 7.01. The summed E-state index contributed by atoms with van der Waals surface area (Å²) in [6, 6.07) is 1.93. The van der Waals surface area contributed by atoms with E-state index in [1.807, 2.05) is 0 Å². The molecule has 0 unspecified atom stereocenters. The Morgan fingerprint density at radius 3 is 2.46 bits per heavy atom. The number of aliphatic hydroxyl groups excluding tert-OH is 1. The first-order chi connectivity index (χ1) is 12.3. The van der Waals surface area contributed by atoms with Crippen molar-refractivity contribution in [2.45, 2.75) is 37.5 Å². The SMILES string of the molecule is CN1[C@H](C(=O)O)C[C@H](C(=O)N2CCC(O)CC2)[C@@H]1c1cccc(F)c1F. The van der Waals surface area contributed by atoms with Gasteiger partial charge in [-0.1, -0.05) is 12.1 Å². The van der Waals surface area contributed by atoms with Gasteiger partial charge in [-0.25, -0.2) is 8.78 Å². The van der Waals surface area contributed by atoms with Gasteiger partial charge in [0, 0.05) is 18.7 Å². The highest BCUT2D eigenvalue weighted by Gasteiger charge is 2.48. The van der Waals surface area contributed by atoms with Crippen molar-refractivity contribution in [3.63, 3.8) is 0 Å². The van der Waals surface area contributed by atoms with Crippen LogP contribution in [0.3, 0.4) is 0 Å². The van der Waals surface area contributed by atoms with Crippen LogP contribution in [0.1, 0.15) is 30.9 Å². The standard InChI is InChI=1S/C18H22F2N2O4/c1-21-14(18(25)26)9-12(17(24)22-7-5-10(23)6-8-22)16(21)11-3-2-4-13(19)15(11)20/h2-4,10,12,14,16,23H,5-9H2,1H3,(H,25,26)/t12-,14-,16-/m0/s1. The highest BCUT2D eigenvalue weighted by molar-refractivity contribution is 5.83. The molecule has 0 saturated carbocycles. The van der Waals surface area contributed by atoms with E-state index < -0.39 is 41.7 Å². The predicted molar refractivity (Wildman–Crippen MR) is 88.2 cm³/mol. The van der Waals surface area contributed by atoms with Crippen LogP contribution in [0.15, 0.2) is 18.2 Å². The summed E-state index contributed by atoms with van der Waals surface area (Å²) in [5, 5.41) is 19.1. The number of benzene rings is 1. The number of piperidine rings is 1. The summed E-state index contributed by atoms with van der Waals surface area (Å²) in [6.45, 7) is 0.743. The van der Waals surface area contributed by atoms with Gasteiger partial charge in [-0.2, -0.15) is 0 Å². The van der Waals surface area contributed by atoms with Crippen LogP contribution in [0, 0.1) is 17.6 Å². The maximum atomic E-state index is 14.4. The zero-order valence-corrected chi connectivity index (χ0v) is 14.4. The van der Waals surface area contributed by atoms with Crippen LogP contribution < -0.4 is 0 Å². The maximum Gasteiger partial charge on any atom is 0.320 e. The monoisotopic (exact) mass is 368 g/mol. The Kier molecular flexibility index (Phi) is 5.24. The molecule has 3 rings (SSSR count). The molecule has 1 aromatic rings. The Hall–Kier alpha value is -2.06. The number of amides is 1. The minimum absolute atomic E-state index is 0.00774. The third-order valence-electron chi connectivity index (χ3n) is 5.47. The Morgan fingerprint density at radius 2 is 1.85 bits per heavy atom. The van der Waals surface area contributed by atoms with E-state index in [0.29, 0.717) is 25.9 Å². The highest BCUT2D eigenvalue weighted by Crippen LogP contribution is 2.42. The van der Waals surface area contributed by atoms with Crippen molar-refractivity contribution in [2.75, 3.05) is 20.1 Å². The number of aliphatic carboxylic acids is 1. The van der Waals surface area contributed by atoms with Gasteiger partial charge < -0.3 is 15.1 Å². The van der Waals surface area contributed by atoms with E-state index in [1.54, 1.807) is 4.90 Å². The van der Waals surface area contributed by atoms with Gasteiger partial charge in [0.2, 0.25) is 5.91 Å². The van der Waals surface area contributed by atoms with Crippen LogP contribution in [0.5, 0.6) is 0 Å². The average molecular weight is 368 g/mol.